The fourth-order valence-electron chi connectivity index (χ4n) is 3.67. The van der Waals surface area contributed by atoms with Crippen LogP contribution in [-0.4, -0.2) is 50.8 Å². The van der Waals surface area contributed by atoms with Crippen LogP contribution in [0.1, 0.15) is 46.2 Å². The minimum absolute atomic E-state index is 0.0275. The maximum Gasteiger partial charge on any atom is 0.276 e. The number of nitrogens with zero attached hydrogens (tertiary/aromatic N) is 4. The van der Waals surface area contributed by atoms with Gasteiger partial charge in [0.2, 0.25) is 0 Å². The zero-order chi connectivity index (χ0) is 21.8. The number of halogens is 1. The van der Waals surface area contributed by atoms with Gasteiger partial charge in [-0.15, -0.1) is 5.10 Å². The van der Waals surface area contributed by atoms with Crippen LogP contribution in [0.4, 0.5) is 0 Å². The van der Waals surface area contributed by atoms with E-state index in [0.29, 0.717) is 42.2 Å². The van der Waals surface area contributed by atoms with E-state index in [1.54, 1.807) is 40.0 Å². The van der Waals surface area contributed by atoms with Crippen LogP contribution in [-0.2, 0) is 6.42 Å². The number of hydrogen-bond acceptors (Lipinski definition) is 4. The standard InChI is InChI=1S/C23H24ClN5O2/c1-2-16-4-3-5-20(14-16)29-15-21(26-27-29)23(31)28-12-10-19(11-13-28)25-22(30)17-6-8-18(24)9-7-17/h3-9,14-15,19H,2,10-13H2,1H3,(H,25,30). The lowest BCUT2D eigenvalue weighted by atomic mass is 10.0. The van der Waals surface area contributed by atoms with E-state index >= 15 is 0 Å². The van der Waals surface area contributed by atoms with E-state index in [-0.39, 0.29) is 17.9 Å². The highest BCUT2D eigenvalue weighted by Gasteiger charge is 2.26. The van der Waals surface area contributed by atoms with Crippen molar-refractivity contribution in [3.05, 3.63) is 76.6 Å². The first-order valence-electron chi connectivity index (χ1n) is 10.4. The smallest absolute Gasteiger partial charge is 0.276 e. The molecule has 160 valence electrons. The topological polar surface area (TPSA) is 80.1 Å². The first-order chi connectivity index (χ1) is 15.0. The van der Waals surface area contributed by atoms with Gasteiger partial charge in [-0.05, 0) is 61.2 Å². The molecule has 0 unspecified atom stereocenters. The molecule has 0 aliphatic carbocycles. The number of carbonyl (C=O) groups is 2. The zero-order valence-corrected chi connectivity index (χ0v) is 18.0. The molecule has 2 amide bonds. The van der Waals surface area contributed by atoms with Gasteiger partial charge in [-0.3, -0.25) is 9.59 Å². The second-order valence-corrected chi connectivity index (χ2v) is 8.06. The van der Waals surface area contributed by atoms with Gasteiger partial charge in [0, 0.05) is 29.7 Å². The number of hydrogen-bond donors (Lipinski definition) is 1. The summed E-state index contributed by atoms with van der Waals surface area (Å²) in [6, 6.07) is 14.8. The van der Waals surface area contributed by atoms with Gasteiger partial charge in [-0.25, -0.2) is 4.68 Å². The minimum atomic E-state index is -0.139. The van der Waals surface area contributed by atoms with Crippen LogP contribution in [0.25, 0.3) is 5.69 Å². The van der Waals surface area contributed by atoms with Gasteiger partial charge >= 0.3 is 0 Å². The van der Waals surface area contributed by atoms with Gasteiger partial charge in [0.15, 0.2) is 5.69 Å². The highest BCUT2D eigenvalue weighted by Crippen LogP contribution is 2.16. The highest BCUT2D eigenvalue weighted by molar-refractivity contribution is 6.30. The Balaban J connectivity index is 1.33. The van der Waals surface area contributed by atoms with Crippen molar-refractivity contribution in [3.8, 4) is 5.69 Å². The summed E-state index contributed by atoms with van der Waals surface area (Å²) < 4.78 is 1.63. The Labute approximate surface area is 186 Å². The zero-order valence-electron chi connectivity index (χ0n) is 17.3. The van der Waals surface area contributed by atoms with Crippen molar-refractivity contribution in [1.82, 2.24) is 25.2 Å². The number of aryl methyl sites for hydroxylation is 1. The Morgan fingerprint density at radius 3 is 2.58 bits per heavy atom. The maximum absolute atomic E-state index is 12.9. The monoisotopic (exact) mass is 437 g/mol. The average molecular weight is 438 g/mol. The fraction of sp³-hybridized carbons (Fsp3) is 0.304. The minimum Gasteiger partial charge on any atom is -0.349 e. The van der Waals surface area contributed by atoms with E-state index in [4.69, 9.17) is 11.6 Å². The molecule has 0 radical (unpaired) electrons. The molecule has 8 heteroatoms. The van der Waals surface area contributed by atoms with Crippen molar-refractivity contribution in [1.29, 1.82) is 0 Å². The number of likely N-dealkylation sites (tertiary alicyclic amines) is 1. The fourth-order valence-corrected chi connectivity index (χ4v) is 3.79. The quantitative estimate of drug-likeness (QED) is 0.662. The van der Waals surface area contributed by atoms with Gasteiger partial charge < -0.3 is 10.2 Å². The summed E-state index contributed by atoms with van der Waals surface area (Å²) in [5.41, 5.74) is 2.98. The molecular formula is C23H24ClN5O2. The SMILES string of the molecule is CCc1cccc(-n2cc(C(=O)N3CCC(NC(=O)c4ccc(Cl)cc4)CC3)nn2)c1. The Morgan fingerprint density at radius 1 is 1.13 bits per heavy atom. The predicted octanol–water partition coefficient (Wildman–Crippen LogP) is 3.52. The first-order valence-corrected chi connectivity index (χ1v) is 10.8. The van der Waals surface area contributed by atoms with Gasteiger partial charge in [0.05, 0.1) is 11.9 Å². The summed E-state index contributed by atoms with van der Waals surface area (Å²) in [6.07, 6.45) is 3.98. The molecule has 2 aromatic carbocycles. The van der Waals surface area contributed by atoms with Crippen molar-refractivity contribution < 1.29 is 9.59 Å². The molecule has 1 aliphatic rings. The lowest BCUT2D eigenvalue weighted by Gasteiger charge is -2.31. The maximum atomic E-state index is 12.9. The number of carbonyl (C=O) groups excluding carboxylic acids is 2. The van der Waals surface area contributed by atoms with Crippen LogP contribution in [0, 0.1) is 0 Å². The number of aromatic nitrogens is 3. The number of rotatable bonds is 5. The molecular weight excluding hydrogens is 414 g/mol. The molecule has 1 saturated heterocycles. The molecule has 3 aromatic rings. The Morgan fingerprint density at radius 2 is 1.87 bits per heavy atom. The summed E-state index contributed by atoms with van der Waals surface area (Å²) in [6.45, 7) is 3.21. The number of amides is 2. The highest BCUT2D eigenvalue weighted by atomic mass is 35.5. The van der Waals surface area contributed by atoms with E-state index in [2.05, 4.69) is 28.6 Å². The molecule has 31 heavy (non-hydrogen) atoms. The third kappa shape index (κ3) is 4.94. The predicted molar refractivity (Wildman–Crippen MR) is 119 cm³/mol. The molecule has 0 spiro atoms. The Bertz CT molecular complexity index is 1070. The van der Waals surface area contributed by atoms with E-state index < -0.39 is 0 Å². The summed E-state index contributed by atoms with van der Waals surface area (Å²) >= 11 is 5.87. The van der Waals surface area contributed by atoms with Crippen molar-refractivity contribution in [3.63, 3.8) is 0 Å². The number of benzene rings is 2. The van der Waals surface area contributed by atoms with Crippen LogP contribution in [0.3, 0.4) is 0 Å². The molecule has 1 aliphatic heterocycles. The van der Waals surface area contributed by atoms with Crippen molar-refractivity contribution in [2.24, 2.45) is 0 Å². The average Bonchev–Trinajstić information content (AvgIpc) is 3.30. The number of nitrogens with one attached hydrogen (secondary N) is 1. The molecule has 2 heterocycles. The Hall–Kier alpha value is -3.19. The van der Waals surface area contributed by atoms with E-state index in [0.717, 1.165) is 12.1 Å². The third-order valence-electron chi connectivity index (χ3n) is 5.52. The van der Waals surface area contributed by atoms with E-state index in [1.165, 1.54) is 5.56 Å². The van der Waals surface area contributed by atoms with Crippen molar-refractivity contribution >= 4 is 23.4 Å². The van der Waals surface area contributed by atoms with Crippen LogP contribution in [0.2, 0.25) is 5.02 Å². The second-order valence-electron chi connectivity index (χ2n) is 7.62. The van der Waals surface area contributed by atoms with Crippen LogP contribution in [0.15, 0.2) is 54.7 Å². The molecule has 7 nitrogen and oxygen atoms in total. The molecule has 1 N–H and O–H groups in total. The van der Waals surface area contributed by atoms with Crippen LogP contribution < -0.4 is 5.32 Å². The van der Waals surface area contributed by atoms with E-state index in [9.17, 15) is 9.59 Å². The number of piperidine rings is 1. The molecule has 1 fully saturated rings. The summed E-state index contributed by atoms with van der Waals surface area (Å²) in [5, 5.41) is 11.8. The second kappa shape index (κ2) is 9.31. The van der Waals surface area contributed by atoms with Gasteiger partial charge in [-0.1, -0.05) is 35.9 Å². The third-order valence-corrected chi connectivity index (χ3v) is 5.77. The first kappa shape index (κ1) is 21.1. The van der Waals surface area contributed by atoms with E-state index in [1.807, 2.05) is 18.2 Å². The summed E-state index contributed by atoms with van der Waals surface area (Å²) in [4.78, 5) is 27.0. The largest absolute Gasteiger partial charge is 0.349 e. The van der Waals surface area contributed by atoms with Gasteiger partial charge in [0.1, 0.15) is 0 Å². The molecule has 0 bridgehead atoms. The van der Waals surface area contributed by atoms with Crippen LogP contribution in [0.5, 0.6) is 0 Å². The lowest BCUT2D eigenvalue weighted by molar-refractivity contribution is 0.0692. The summed E-state index contributed by atoms with van der Waals surface area (Å²) in [7, 11) is 0. The van der Waals surface area contributed by atoms with Crippen molar-refractivity contribution in [2.75, 3.05) is 13.1 Å². The molecule has 0 atom stereocenters. The molecule has 4 rings (SSSR count). The summed E-state index contributed by atoms with van der Waals surface area (Å²) in [5.74, 6) is -0.265. The van der Waals surface area contributed by atoms with Gasteiger partial charge in [0.25, 0.3) is 11.8 Å². The lowest BCUT2D eigenvalue weighted by Crippen LogP contribution is -2.46. The van der Waals surface area contributed by atoms with Gasteiger partial charge in [-0.2, -0.15) is 0 Å². The van der Waals surface area contributed by atoms with Crippen molar-refractivity contribution in [2.45, 2.75) is 32.2 Å². The molecule has 0 saturated carbocycles. The molecule has 1 aromatic heterocycles. The Kier molecular flexibility index (Phi) is 6.32. The van der Waals surface area contributed by atoms with Crippen LogP contribution >= 0.6 is 11.6 Å². The normalized spacial score (nSPS) is 14.5.